The molecule has 0 atom stereocenters. The van der Waals surface area contributed by atoms with E-state index in [0.29, 0.717) is 42.8 Å². The second kappa shape index (κ2) is 8.06. The predicted molar refractivity (Wildman–Crippen MR) is 115 cm³/mol. The number of oxazole rings is 1. The number of nitrogens with zero attached hydrogens (tertiary/aromatic N) is 2. The average molecular weight is 425 g/mol. The van der Waals surface area contributed by atoms with Crippen molar-refractivity contribution in [1.29, 1.82) is 0 Å². The van der Waals surface area contributed by atoms with Gasteiger partial charge in [-0.25, -0.2) is 4.98 Å². The Bertz CT molecular complexity index is 1060. The summed E-state index contributed by atoms with van der Waals surface area (Å²) in [5.41, 5.74) is 4.61. The third kappa shape index (κ3) is 3.97. The van der Waals surface area contributed by atoms with Crippen molar-refractivity contribution in [2.45, 2.75) is 36.5 Å². The lowest BCUT2D eigenvalue weighted by Gasteiger charge is -2.37. The molecule has 156 valence electrons. The van der Waals surface area contributed by atoms with Crippen molar-refractivity contribution in [2.24, 2.45) is 0 Å². The molecule has 2 aromatic carbocycles. The monoisotopic (exact) mass is 424 g/mol. The number of benzene rings is 2. The Kier molecular flexibility index (Phi) is 5.26. The van der Waals surface area contributed by atoms with Gasteiger partial charge in [-0.15, -0.1) is 0 Å². The van der Waals surface area contributed by atoms with Crippen LogP contribution in [0.1, 0.15) is 34.3 Å². The number of aryl methyl sites for hydroxylation is 1. The van der Waals surface area contributed by atoms with Gasteiger partial charge in [-0.3, -0.25) is 4.79 Å². The summed E-state index contributed by atoms with van der Waals surface area (Å²) in [4.78, 5) is 19.4. The van der Waals surface area contributed by atoms with Crippen molar-refractivity contribution in [2.75, 3.05) is 26.3 Å². The first-order valence-corrected chi connectivity index (χ1v) is 11.2. The van der Waals surface area contributed by atoms with Crippen molar-refractivity contribution in [1.82, 2.24) is 9.88 Å². The molecule has 2 aliphatic rings. The van der Waals surface area contributed by atoms with Gasteiger partial charge in [0.25, 0.3) is 11.1 Å². The van der Waals surface area contributed by atoms with Gasteiger partial charge in [-0.05, 0) is 42.3 Å². The average Bonchev–Trinajstić information content (AvgIpc) is 3.39. The molecule has 0 unspecified atom stereocenters. The number of fused-ring (bicyclic) bond motifs is 1. The molecular formula is C23H24N2O4S. The molecule has 6 nitrogen and oxygen atoms in total. The van der Waals surface area contributed by atoms with Crippen LogP contribution in [0.5, 0.6) is 0 Å². The minimum atomic E-state index is -0.465. The number of aromatic nitrogens is 1. The summed E-state index contributed by atoms with van der Waals surface area (Å²) in [5.74, 6) is 0.289. The molecule has 0 saturated carbocycles. The summed E-state index contributed by atoms with van der Waals surface area (Å²) < 4.78 is 17.3. The summed E-state index contributed by atoms with van der Waals surface area (Å²) in [6, 6.07) is 13.8. The van der Waals surface area contributed by atoms with Crippen LogP contribution < -0.4 is 0 Å². The molecule has 0 aliphatic carbocycles. The molecule has 3 heterocycles. The van der Waals surface area contributed by atoms with E-state index in [1.807, 2.05) is 54.3 Å². The third-order valence-corrected chi connectivity index (χ3v) is 6.58. The molecule has 1 amide bonds. The quantitative estimate of drug-likeness (QED) is 0.578. The Labute approximate surface area is 179 Å². The largest absolute Gasteiger partial charge is 0.431 e. The maximum absolute atomic E-state index is 13.0. The van der Waals surface area contributed by atoms with Crippen molar-refractivity contribution >= 4 is 28.8 Å². The second-order valence-electron chi connectivity index (χ2n) is 7.84. The SMILES string of the molecule is Cc1ccc2oc(SCc3cccc(C(=O)N4CCC5(CC4)OCCO5)c3)nc2c1. The highest BCUT2D eigenvalue weighted by Gasteiger charge is 2.40. The van der Waals surface area contributed by atoms with E-state index in [2.05, 4.69) is 4.98 Å². The van der Waals surface area contributed by atoms with Gasteiger partial charge in [0.2, 0.25) is 0 Å². The summed E-state index contributed by atoms with van der Waals surface area (Å²) in [6.07, 6.45) is 1.46. The van der Waals surface area contributed by atoms with Crippen LogP contribution in [0.25, 0.3) is 11.1 Å². The normalized spacial score (nSPS) is 18.4. The summed E-state index contributed by atoms with van der Waals surface area (Å²) in [5, 5.41) is 0.644. The summed E-state index contributed by atoms with van der Waals surface area (Å²) in [6.45, 7) is 4.64. The van der Waals surface area contributed by atoms with Crippen LogP contribution in [0.4, 0.5) is 0 Å². The van der Waals surface area contributed by atoms with E-state index in [4.69, 9.17) is 13.9 Å². The minimum absolute atomic E-state index is 0.0621. The van der Waals surface area contributed by atoms with Crippen LogP contribution in [-0.4, -0.2) is 47.9 Å². The number of thioether (sulfide) groups is 1. The fourth-order valence-corrected chi connectivity index (χ4v) is 4.82. The highest BCUT2D eigenvalue weighted by atomic mass is 32.2. The number of likely N-dealkylation sites (tertiary alicyclic amines) is 1. The van der Waals surface area contributed by atoms with Crippen LogP contribution in [0.3, 0.4) is 0 Å². The zero-order chi connectivity index (χ0) is 20.6. The van der Waals surface area contributed by atoms with E-state index < -0.39 is 5.79 Å². The van der Waals surface area contributed by atoms with E-state index in [0.717, 1.165) is 35.1 Å². The van der Waals surface area contributed by atoms with E-state index >= 15 is 0 Å². The van der Waals surface area contributed by atoms with Crippen LogP contribution in [0.2, 0.25) is 0 Å². The van der Waals surface area contributed by atoms with Gasteiger partial charge < -0.3 is 18.8 Å². The van der Waals surface area contributed by atoms with Gasteiger partial charge in [0.1, 0.15) is 5.52 Å². The van der Waals surface area contributed by atoms with Crippen molar-refractivity contribution in [3.8, 4) is 0 Å². The first-order valence-electron chi connectivity index (χ1n) is 10.3. The fraction of sp³-hybridized carbons (Fsp3) is 0.391. The van der Waals surface area contributed by atoms with E-state index in [1.165, 1.54) is 11.8 Å². The molecule has 0 radical (unpaired) electrons. The van der Waals surface area contributed by atoms with Gasteiger partial charge >= 0.3 is 0 Å². The fourth-order valence-electron chi connectivity index (χ4n) is 4.04. The maximum atomic E-state index is 13.0. The molecular weight excluding hydrogens is 400 g/mol. The first kappa shape index (κ1) is 19.6. The van der Waals surface area contributed by atoms with Crippen molar-refractivity contribution in [3.63, 3.8) is 0 Å². The zero-order valence-corrected chi connectivity index (χ0v) is 17.7. The Balaban J connectivity index is 1.23. The summed E-state index contributed by atoms with van der Waals surface area (Å²) in [7, 11) is 0. The topological polar surface area (TPSA) is 64.8 Å². The lowest BCUT2D eigenvalue weighted by molar-refractivity contribution is -0.181. The zero-order valence-electron chi connectivity index (χ0n) is 16.9. The molecule has 0 N–H and O–H groups in total. The number of hydrogen-bond donors (Lipinski definition) is 0. The van der Waals surface area contributed by atoms with Gasteiger partial charge in [-0.2, -0.15) is 0 Å². The van der Waals surface area contributed by atoms with Gasteiger partial charge in [0.15, 0.2) is 11.4 Å². The van der Waals surface area contributed by atoms with E-state index in [9.17, 15) is 4.79 Å². The maximum Gasteiger partial charge on any atom is 0.257 e. The number of carbonyl (C=O) groups is 1. The molecule has 2 fully saturated rings. The molecule has 2 saturated heterocycles. The number of ether oxygens (including phenoxy) is 2. The molecule has 7 heteroatoms. The number of rotatable bonds is 4. The molecule has 30 heavy (non-hydrogen) atoms. The standard InChI is InChI=1S/C23H24N2O4S/c1-16-5-6-20-19(13-16)24-22(29-20)30-15-17-3-2-4-18(14-17)21(26)25-9-7-23(8-10-25)27-11-12-28-23/h2-6,13-14H,7-12,15H2,1H3. The lowest BCUT2D eigenvalue weighted by atomic mass is 10.0. The molecule has 0 bridgehead atoms. The lowest BCUT2D eigenvalue weighted by Crippen LogP contribution is -2.47. The second-order valence-corrected chi connectivity index (χ2v) is 8.77. The Morgan fingerprint density at radius 3 is 2.73 bits per heavy atom. The number of amides is 1. The number of hydrogen-bond acceptors (Lipinski definition) is 6. The predicted octanol–water partition coefficient (Wildman–Crippen LogP) is 4.41. The molecule has 5 rings (SSSR count). The van der Waals surface area contributed by atoms with Gasteiger partial charge in [0, 0.05) is 37.2 Å². The van der Waals surface area contributed by atoms with Crippen LogP contribution in [-0.2, 0) is 15.2 Å². The van der Waals surface area contributed by atoms with Crippen LogP contribution >= 0.6 is 11.8 Å². The highest BCUT2D eigenvalue weighted by Crippen LogP contribution is 2.32. The van der Waals surface area contributed by atoms with E-state index in [1.54, 1.807) is 0 Å². The van der Waals surface area contributed by atoms with Crippen molar-refractivity contribution < 1.29 is 18.7 Å². The number of piperidine rings is 1. The van der Waals surface area contributed by atoms with Crippen molar-refractivity contribution in [3.05, 3.63) is 59.2 Å². The van der Waals surface area contributed by atoms with Gasteiger partial charge in [0.05, 0.1) is 13.2 Å². The Morgan fingerprint density at radius 1 is 1.13 bits per heavy atom. The summed E-state index contributed by atoms with van der Waals surface area (Å²) >= 11 is 1.54. The molecule has 1 spiro atoms. The smallest absolute Gasteiger partial charge is 0.257 e. The van der Waals surface area contributed by atoms with E-state index in [-0.39, 0.29) is 5.91 Å². The third-order valence-electron chi connectivity index (χ3n) is 5.69. The molecule has 2 aliphatic heterocycles. The van der Waals surface area contributed by atoms with Crippen LogP contribution in [0, 0.1) is 6.92 Å². The number of carbonyl (C=O) groups excluding carboxylic acids is 1. The molecule has 1 aromatic heterocycles. The first-order chi connectivity index (χ1) is 14.6. The highest BCUT2D eigenvalue weighted by molar-refractivity contribution is 7.98. The van der Waals surface area contributed by atoms with Gasteiger partial charge in [-0.1, -0.05) is 30.0 Å². The minimum Gasteiger partial charge on any atom is -0.431 e. The Morgan fingerprint density at radius 2 is 1.93 bits per heavy atom. The molecule has 3 aromatic rings. The van der Waals surface area contributed by atoms with Crippen LogP contribution in [0.15, 0.2) is 52.1 Å². The Hall–Kier alpha value is -2.35.